The molecule has 0 heterocycles. The van der Waals surface area contributed by atoms with Gasteiger partial charge in [-0.25, -0.2) is 0 Å². The van der Waals surface area contributed by atoms with Gasteiger partial charge in [0.05, 0.1) is 0 Å². The highest BCUT2D eigenvalue weighted by Crippen LogP contribution is 2.28. The molecule has 1 N–H and O–H groups in total. The van der Waals surface area contributed by atoms with Crippen molar-refractivity contribution in [1.82, 2.24) is 5.32 Å². The SMILES string of the molecule is CSC1CCCC(NCc2c(Cl)cccc2Cl)C1. The van der Waals surface area contributed by atoms with Crippen molar-refractivity contribution in [2.24, 2.45) is 0 Å². The number of halogens is 2. The zero-order chi connectivity index (χ0) is 13.0. The second-order valence-electron chi connectivity index (χ2n) is 4.80. The summed E-state index contributed by atoms with van der Waals surface area (Å²) in [6.45, 7) is 0.768. The third kappa shape index (κ3) is 3.80. The van der Waals surface area contributed by atoms with Gasteiger partial charge < -0.3 is 5.32 Å². The van der Waals surface area contributed by atoms with Gasteiger partial charge in [0.1, 0.15) is 0 Å². The molecule has 0 aromatic heterocycles. The van der Waals surface area contributed by atoms with Gasteiger partial charge in [0, 0.05) is 33.4 Å². The fourth-order valence-corrected chi connectivity index (χ4v) is 3.85. The van der Waals surface area contributed by atoms with Crippen LogP contribution in [0.25, 0.3) is 0 Å². The van der Waals surface area contributed by atoms with E-state index in [0.29, 0.717) is 6.04 Å². The topological polar surface area (TPSA) is 12.0 Å². The number of nitrogens with one attached hydrogen (secondary N) is 1. The minimum atomic E-state index is 0.600. The van der Waals surface area contributed by atoms with Crippen molar-refractivity contribution in [1.29, 1.82) is 0 Å². The molecular formula is C14H19Cl2NS. The van der Waals surface area contributed by atoms with Crippen molar-refractivity contribution >= 4 is 35.0 Å². The first-order chi connectivity index (χ1) is 8.70. The molecule has 2 atom stereocenters. The zero-order valence-electron chi connectivity index (χ0n) is 10.6. The van der Waals surface area contributed by atoms with E-state index in [1.807, 2.05) is 30.0 Å². The lowest BCUT2D eigenvalue weighted by atomic mass is 9.95. The van der Waals surface area contributed by atoms with Crippen LogP contribution in [0, 0.1) is 0 Å². The monoisotopic (exact) mass is 303 g/mol. The molecule has 1 aromatic carbocycles. The summed E-state index contributed by atoms with van der Waals surface area (Å²) < 4.78 is 0. The second kappa shape index (κ2) is 7.04. The average molecular weight is 304 g/mol. The van der Waals surface area contributed by atoms with E-state index in [4.69, 9.17) is 23.2 Å². The van der Waals surface area contributed by atoms with Crippen LogP contribution in [0.4, 0.5) is 0 Å². The minimum absolute atomic E-state index is 0.600. The summed E-state index contributed by atoms with van der Waals surface area (Å²) >= 11 is 14.3. The summed E-state index contributed by atoms with van der Waals surface area (Å²) in [7, 11) is 0. The largest absolute Gasteiger partial charge is 0.310 e. The Bertz CT molecular complexity index is 377. The van der Waals surface area contributed by atoms with Gasteiger partial charge in [-0.3, -0.25) is 0 Å². The van der Waals surface area contributed by atoms with Crippen molar-refractivity contribution < 1.29 is 0 Å². The Kier molecular flexibility index (Phi) is 5.68. The van der Waals surface area contributed by atoms with Gasteiger partial charge in [0.15, 0.2) is 0 Å². The predicted octanol–water partition coefficient (Wildman–Crippen LogP) is 4.76. The highest BCUT2D eigenvalue weighted by molar-refractivity contribution is 7.99. The van der Waals surface area contributed by atoms with Gasteiger partial charge in [-0.2, -0.15) is 11.8 Å². The minimum Gasteiger partial charge on any atom is -0.310 e. The average Bonchev–Trinajstić information content (AvgIpc) is 2.38. The van der Waals surface area contributed by atoms with Crippen LogP contribution in [-0.4, -0.2) is 17.5 Å². The van der Waals surface area contributed by atoms with Gasteiger partial charge in [0.2, 0.25) is 0 Å². The normalized spacial score (nSPS) is 24.2. The number of rotatable bonds is 4. The summed E-state index contributed by atoms with van der Waals surface area (Å²) in [5, 5.41) is 5.92. The molecule has 0 spiro atoms. The maximum absolute atomic E-state index is 6.17. The summed E-state index contributed by atoms with van der Waals surface area (Å²) in [6, 6.07) is 6.29. The molecule has 1 saturated carbocycles. The molecule has 1 fully saturated rings. The molecule has 1 aromatic rings. The summed E-state index contributed by atoms with van der Waals surface area (Å²) in [5.74, 6) is 0. The van der Waals surface area contributed by atoms with E-state index in [1.54, 1.807) is 0 Å². The molecule has 2 unspecified atom stereocenters. The van der Waals surface area contributed by atoms with E-state index in [2.05, 4.69) is 11.6 Å². The summed E-state index contributed by atoms with van der Waals surface area (Å²) in [6.07, 6.45) is 7.39. The molecule has 18 heavy (non-hydrogen) atoms. The maximum atomic E-state index is 6.17. The van der Waals surface area contributed by atoms with E-state index >= 15 is 0 Å². The Balaban J connectivity index is 1.91. The molecule has 100 valence electrons. The first-order valence-electron chi connectivity index (χ1n) is 6.39. The highest BCUT2D eigenvalue weighted by Gasteiger charge is 2.21. The number of benzene rings is 1. The lowest BCUT2D eigenvalue weighted by Crippen LogP contribution is -2.34. The maximum Gasteiger partial charge on any atom is 0.0465 e. The van der Waals surface area contributed by atoms with E-state index < -0.39 is 0 Å². The van der Waals surface area contributed by atoms with Gasteiger partial charge in [-0.15, -0.1) is 0 Å². The third-order valence-corrected chi connectivity index (χ3v) is 5.39. The van der Waals surface area contributed by atoms with Crippen LogP contribution in [-0.2, 0) is 6.54 Å². The Morgan fingerprint density at radius 1 is 1.28 bits per heavy atom. The standard InChI is InChI=1S/C14H19Cl2NS/c1-18-11-5-2-4-10(8-11)17-9-12-13(15)6-3-7-14(12)16/h3,6-7,10-11,17H,2,4-5,8-9H2,1H3. The van der Waals surface area contributed by atoms with Crippen LogP contribution < -0.4 is 5.32 Å². The van der Waals surface area contributed by atoms with Gasteiger partial charge in [0.25, 0.3) is 0 Å². The van der Waals surface area contributed by atoms with E-state index in [1.165, 1.54) is 25.7 Å². The van der Waals surface area contributed by atoms with E-state index in [9.17, 15) is 0 Å². The van der Waals surface area contributed by atoms with Crippen LogP contribution in [0.5, 0.6) is 0 Å². The number of hydrogen-bond donors (Lipinski definition) is 1. The Labute approximate surface area is 124 Å². The molecule has 0 bridgehead atoms. The van der Waals surface area contributed by atoms with Crippen molar-refractivity contribution in [3.8, 4) is 0 Å². The summed E-state index contributed by atoms with van der Waals surface area (Å²) in [4.78, 5) is 0. The van der Waals surface area contributed by atoms with Crippen LogP contribution >= 0.6 is 35.0 Å². The van der Waals surface area contributed by atoms with Crippen LogP contribution in [0.15, 0.2) is 18.2 Å². The van der Waals surface area contributed by atoms with Crippen LogP contribution in [0.1, 0.15) is 31.2 Å². The number of hydrogen-bond acceptors (Lipinski definition) is 2. The lowest BCUT2D eigenvalue weighted by molar-refractivity contribution is 0.380. The van der Waals surface area contributed by atoms with E-state index in [-0.39, 0.29) is 0 Å². The fraction of sp³-hybridized carbons (Fsp3) is 0.571. The number of thioether (sulfide) groups is 1. The molecule has 1 nitrogen and oxygen atoms in total. The van der Waals surface area contributed by atoms with Crippen molar-refractivity contribution in [3.05, 3.63) is 33.8 Å². The van der Waals surface area contributed by atoms with Gasteiger partial charge in [-0.1, -0.05) is 35.7 Å². The van der Waals surface area contributed by atoms with Gasteiger partial charge >= 0.3 is 0 Å². The molecule has 0 amide bonds. The molecule has 0 radical (unpaired) electrons. The van der Waals surface area contributed by atoms with Crippen molar-refractivity contribution in [2.75, 3.05) is 6.26 Å². The second-order valence-corrected chi connectivity index (χ2v) is 6.75. The van der Waals surface area contributed by atoms with Crippen LogP contribution in [0.3, 0.4) is 0 Å². The Morgan fingerprint density at radius 3 is 2.67 bits per heavy atom. The Morgan fingerprint density at radius 2 is 2.00 bits per heavy atom. The van der Waals surface area contributed by atoms with Crippen molar-refractivity contribution in [2.45, 2.75) is 43.5 Å². The quantitative estimate of drug-likeness (QED) is 0.861. The lowest BCUT2D eigenvalue weighted by Gasteiger charge is -2.29. The predicted molar refractivity (Wildman–Crippen MR) is 82.9 cm³/mol. The van der Waals surface area contributed by atoms with Gasteiger partial charge in [-0.05, 0) is 37.7 Å². The molecular weight excluding hydrogens is 285 g/mol. The fourth-order valence-electron chi connectivity index (χ4n) is 2.49. The first-order valence-corrected chi connectivity index (χ1v) is 8.44. The zero-order valence-corrected chi connectivity index (χ0v) is 12.9. The molecule has 1 aliphatic rings. The van der Waals surface area contributed by atoms with E-state index in [0.717, 1.165) is 27.4 Å². The molecule has 2 rings (SSSR count). The first kappa shape index (κ1) is 14.5. The molecule has 4 heteroatoms. The molecule has 0 saturated heterocycles. The third-order valence-electron chi connectivity index (χ3n) is 3.59. The van der Waals surface area contributed by atoms with Crippen LogP contribution in [0.2, 0.25) is 10.0 Å². The highest BCUT2D eigenvalue weighted by atomic mass is 35.5. The smallest absolute Gasteiger partial charge is 0.0465 e. The van der Waals surface area contributed by atoms with Crippen molar-refractivity contribution in [3.63, 3.8) is 0 Å². The molecule has 0 aliphatic heterocycles. The molecule has 1 aliphatic carbocycles. The Hall–Kier alpha value is 0.110. The summed E-state index contributed by atoms with van der Waals surface area (Å²) in [5.41, 5.74) is 1.02.